The topological polar surface area (TPSA) is 114 Å². The predicted octanol–water partition coefficient (Wildman–Crippen LogP) is -0.744. The fourth-order valence-corrected chi connectivity index (χ4v) is 2.10. The van der Waals surface area contributed by atoms with Crippen molar-refractivity contribution < 1.29 is 19.5 Å². The molecule has 0 atom stereocenters. The largest absolute Gasteiger partial charge is 0.394 e. The molecule has 0 radical (unpaired) electrons. The highest BCUT2D eigenvalue weighted by Gasteiger charge is 2.44. The number of carbonyl (C=O) groups is 3. The summed E-state index contributed by atoms with van der Waals surface area (Å²) in [6.07, 6.45) is 1.28. The number of Topliss-reactive ketones (excluding diaryl/α,β-unsaturated/α-hetero) is 1. The van der Waals surface area contributed by atoms with E-state index < -0.39 is 23.1 Å². The lowest BCUT2D eigenvalue weighted by molar-refractivity contribution is -0.118. The average Bonchev–Trinajstić information content (AvgIpc) is 3.09. The summed E-state index contributed by atoms with van der Waals surface area (Å²) in [5, 5.41) is 11.7. The predicted molar refractivity (Wildman–Crippen MR) is 70.2 cm³/mol. The summed E-state index contributed by atoms with van der Waals surface area (Å²) < 4.78 is 1.47. The van der Waals surface area contributed by atoms with E-state index in [0.717, 1.165) is 0 Å². The molecule has 2 rings (SSSR count). The number of ketones is 1. The molecule has 0 spiro atoms. The maximum Gasteiger partial charge on any atom is 0.292 e. The maximum atomic E-state index is 12.1. The van der Waals surface area contributed by atoms with Crippen LogP contribution in [0.3, 0.4) is 0 Å². The molecule has 4 N–H and O–H groups in total. The van der Waals surface area contributed by atoms with E-state index in [1.165, 1.54) is 10.6 Å². The first kappa shape index (κ1) is 14.3. The molecule has 0 aliphatic heterocycles. The second-order valence-corrected chi connectivity index (χ2v) is 5.19. The van der Waals surface area contributed by atoms with Crippen molar-refractivity contribution in [1.82, 2.24) is 9.88 Å². The molecule has 7 heteroatoms. The molecule has 1 aromatic heterocycles. The number of hydrogen-bond acceptors (Lipinski definition) is 4. The van der Waals surface area contributed by atoms with Gasteiger partial charge >= 0.3 is 0 Å². The molecule has 1 aliphatic rings. The minimum Gasteiger partial charge on any atom is -0.394 e. The molecule has 2 amide bonds. The first-order valence-corrected chi connectivity index (χ1v) is 6.25. The van der Waals surface area contributed by atoms with Gasteiger partial charge in [0, 0.05) is 12.7 Å². The molecular formula is C13H17N3O4. The van der Waals surface area contributed by atoms with Crippen LogP contribution in [-0.4, -0.2) is 39.4 Å². The number of nitrogens with one attached hydrogen (secondary N) is 1. The standard InChI is InChI=1S/C13H17N3O4/c1-7-5-8(9(11(14)19)16(7)2)10(18)12(20)15-13(6-17)3-4-13/h5,17H,3-4,6H2,1-2H3,(H2,14,19)(H,15,20). The van der Waals surface area contributed by atoms with Gasteiger partial charge in [0.25, 0.3) is 17.6 Å². The third kappa shape index (κ3) is 2.32. The van der Waals surface area contributed by atoms with E-state index in [0.29, 0.717) is 18.5 Å². The van der Waals surface area contributed by atoms with Crippen LogP contribution in [0.1, 0.15) is 39.4 Å². The zero-order chi connectivity index (χ0) is 15.1. The molecule has 0 bridgehead atoms. The van der Waals surface area contributed by atoms with Crippen molar-refractivity contribution in [2.75, 3.05) is 6.61 Å². The fourth-order valence-electron chi connectivity index (χ4n) is 2.10. The van der Waals surface area contributed by atoms with E-state index in [9.17, 15) is 14.4 Å². The van der Waals surface area contributed by atoms with Gasteiger partial charge in [0.05, 0.1) is 17.7 Å². The second kappa shape index (κ2) is 4.75. The molecule has 1 saturated carbocycles. The Kier molecular flexibility index (Phi) is 3.39. The third-order valence-electron chi connectivity index (χ3n) is 3.69. The van der Waals surface area contributed by atoms with Crippen LogP contribution in [0.15, 0.2) is 6.07 Å². The Morgan fingerprint density at radius 2 is 2.05 bits per heavy atom. The number of carbonyl (C=O) groups excluding carboxylic acids is 3. The molecule has 108 valence electrons. The van der Waals surface area contributed by atoms with Crippen LogP contribution in [0.25, 0.3) is 0 Å². The lowest BCUT2D eigenvalue weighted by Gasteiger charge is -2.13. The molecule has 20 heavy (non-hydrogen) atoms. The van der Waals surface area contributed by atoms with E-state index in [-0.39, 0.29) is 17.9 Å². The summed E-state index contributed by atoms with van der Waals surface area (Å²) in [5.74, 6) is -2.41. The second-order valence-electron chi connectivity index (χ2n) is 5.19. The molecule has 0 unspecified atom stereocenters. The monoisotopic (exact) mass is 279 g/mol. The normalized spacial score (nSPS) is 15.8. The van der Waals surface area contributed by atoms with Gasteiger partial charge in [0.15, 0.2) is 0 Å². The van der Waals surface area contributed by atoms with E-state index >= 15 is 0 Å². The highest BCUT2D eigenvalue weighted by atomic mass is 16.3. The molecule has 1 aliphatic carbocycles. The van der Waals surface area contributed by atoms with Crippen molar-refractivity contribution in [2.24, 2.45) is 12.8 Å². The Morgan fingerprint density at radius 3 is 2.50 bits per heavy atom. The molecule has 0 aromatic carbocycles. The van der Waals surface area contributed by atoms with Gasteiger partial charge < -0.3 is 20.7 Å². The minimum absolute atomic E-state index is 0.0104. The van der Waals surface area contributed by atoms with Crippen molar-refractivity contribution in [1.29, 1.82) is 0 Å². The van der Waals surface area contributed by atoms with Crippen molar-refractivity contribution in [3.05, 3.63) is 23.0 Å². The Bertz CT molecular complexity index is 599. The van der Waals surface area contributed by atoms with Crippen LogP contribution in [0.4, 0.5) is 0 Å². The van der Waals surface area contributed by atoms with E-state index in [1.54, 1.807) is 14.0 Å². The summed E-state index contributed by atoms with van der Waals surface area (Å²) >= 11 is 0. The fraction of sp³-hybridized carbons (Fsp3) is 0.462. The molecular weight excluding hydrogens is 262 g/mol. The minimum atomic E-state index is -0.829. The number of aromatic nitrogens is 1. The Hall–Kier alpha value is -2.15. The summed E-state index contributed by atoms with van der Waals surface area (Å²) in [4.78, 5) is 35.5. The number of rotatable bonds is 5. The smallest absolute Gasteiger partial charge is 0.292 e. The molecule has 1 heterocycles. The first-order chi connectivity index (χ1) is 9.31. The molecule has 1 fully saturated rings. The quantitative estimate of drug-likeness (QED) is 0.486. The average molecular weight is 279 g/mol. The van der Waals surface area contributed by atoms with Crippen LogP contribution in [0.5, 0.6) is 0 Å². The number of primary amides is 1. The van der Waals surface area contributed by atoms with Gasteiger partial charge in [-0.25, -0.2) is 0 Å². The molecule has 1 aromatic rings. The highest BCUT2D eigenvalue weighted by molar-refractivity contribution is 6.44. The van der Waals surface area contributed by atoms with Crippen molar-refractivity contribution in [3.8, 4) is 0 Å². The van der Waals surface area contributed by atoms with Crippen LogP contribution in [0, 0.1) is 6.92 Å². The summed E-state index contributed by atoms with van der Waals surface area (Å²) in [6.45, 7) is 1.50. The van der Waals surface area contributed by atoms with Gasteiger partial charge in [-0.15, -0.1) is 0 Å². The molecule has 7 nitrogen and oxygen atoms in total. The van der Waals surface area contributed by atoms with Crippen LogP contribution < -0.4 is 11.1 Å². The van der Waals surface area contributed by atoms with Gasteiger partial charge in [-0.05, 0) is 25.8 Å². The van der Waals surface area contributed by atoms with Crippen LogP contribution in [-0.2, 0) is 11.8 Å². The SMILES string of the molecule is Cc1cc(C(=O)C(=O)NC2(CO)CC2)c(C(N)=O)n1C. The number of aliphatic hydroxyl groups excluding tert-OH is 1. The number of aliphatic hydroxyl groups is 1. The summed E-state index contributed by atoms with van der Waals surface area (Å²) in [6, 6.07) is 1.46. The Morgan fingerprint density at radius 1 is 1.45 bits per heavy atom. The summed E-state index contributed by atoms with van der Waals surface area (Å²) in [5.41, 5.74) is 5.22. The summed E-state index contributed by atoms with van der Waals surface area (Å²) in [7, 11) is 1.60. The lowest BCUT2D eigenvalue weighted by atomic mass is 10.1. The number of hydrogen-bond donors (Lipinski definition) is 3. The Balaban J connectivity index is 2.27. The number of nitrogens with zero attached hydrogens (tertiary/aromatic N) is 1. The van der Waals surface area contributed by atoms with Crippen LogP contribution >= 0.6 is 0 Å². The van der Waals surface area contributed by atoms with Crippen LogP contribution in [0.2, 0.25) is 0 Å². The maximum absolute atomic E-state index is 12.1. The third-order valence-corrected chi connectivity index (χ3v) is 3.69. The highest BCUT2D eigenvalue weighted by Crippen LogP contribution is 2.34. The van der Waals surface area contributed by atoms with Gasteiger partial charge in [-0.2, -0.15) is 0 Å². The van der Waals surface area contributed by atoms with E-state index in [2.05, 4.69) is 5.32 Å². The van der Waals surface area contributed by atoms with Gasteiger partial charge in [-0.1, -0.05) is 0 Å². The van der Waals surface area contributed by atoms with E-state index in [1.807, 2.05) is 0 Å². The van der Waals surface area contributed by atoms with Crippen molar-refractivity contribution >= 4 is 17.6 Å². The number of nitrogens with two attached hydrogens (primary N) is 1. The number of aryl methyl sites for hydroxylation is 1. The zero-order valence-corrected chi connectivity index (χ0v) is 11.4. The lowest BCUT2D eigenvalue weighted by Crippen LogP contribution is -2.43. The van der Waals surface area contributed by atoms with Gasteiger partial charge in [0.2, 0.25) is 0 Å². The number of amides is 2. The van der Waals surface area contributed by atoms with E-state index in [4.69, 9.17) is 10.8 Å². The van der Waals surface area contributed by atoms with Gasteiger partial charge in [0.1, 0.15) is 5.69 Å². The van der Waals surface area contributed by atoms with Crippen molar-refractivity contribution in [3.63, 3.8) is 0 Å². The zero-order valence-electron chi connectivity index (χ0n) is 11.4. The first-order valence-electron chi connectivity index (χ1n) is 6.25. The molecule has 0 saturated heterocycles. The van der Waals surface area contributed by atoms with Crippen molar-refractivity contribution in [2.45, 2.75) is 25.3 Å². The Labute approximate surface area is 115 Å². The van der Waals surface area contributed by atoms with Gasteiger partial charge in [-0.3, -0.25) is 14.4 Å².